The minimum atomic E-state index is 0.253. The lowest BCUT2D eigenvalue weighted by Gasteiger charge is -2.11. The molecule has 1 aromatic heterocycles. The molecule has 0 atom stereocenters. The van der Waals surface area contributed by atoms with Crippen molar-refractivity contribution >= 4 is 21.7 Å². The standard InChI is InChI=1S/C20H16BrN3/c1-12-6-7-15(8-13(12)2)19-10-17(18(11-22)20(23)24-19)14-4-3-5-16(21)9-14/h3-10H,1-2H3,(H2,23,24). The summed E-state index contributed by atoms with van der Waals surface area (Å²) in [5.74, 6) is 0.253. The number of benzene rings is 2. The molecule has 2 aromatic carbocycles. The molecule has 1 heterocycles. The van der Waals surface area contributed by atoms with Crippen molar-refractivity contribution in [3.05, 3.63) is 69.7 Å². The van der Waals surface area contributed by atoms with Crippen LogP contribution in [0.5, 0.6) is 0 Å². The van der Waals surface area contributed by atoms with Crippen LogP contribution in [0, 0.1) is 25.2 Å². The van der Waals surface area contributed by atoms with E-state index in [2.05, 4.69) is 53.0 Å². The molecule has 0 aliphatic rings. The van der Waals surface area contributed by atoms with Crippen molar-refractivity contribution in [3.63, 3.8) is 0 Å². The average Bonchev–Trinajstić information content (AvgIpc) is 2.56. The van der Waals surface area contributed by atoms with E-state index in [-0.39, 0.29) is 5.82 Å². The molecule has 0 aliphatic heterocycles. The summed E-state index contributed by atoms with van der Waals surface area (Å²) < 4.78 is 0.951. The molecule has 3 aromatic rings. The van der Waals surface area contributed by atoms with E-state index in [0.29, 0.717) is 5.56 Å². The van der Waals surface area contributed by atoms with Gasteiger partial charge in [-0.25, -0.2) is 4.98 Å². The third kappa shape index (κ3) is 3.04. The maximum Gasteiger partial charge on any atom is 0.142 e. The van der Waals surface area contributed by atoms with E-state index in [1.54, 1.807) is 0 Å². The average molecular weight is 378 g/mol. The van der Waals surface area contributed by atoms with Gasteiger partial charge in [0.05, 0.1) is 5.69 Å². The van der Waals surface area contributed by atoms with Crippen LogP contribution in [0.3, 0.4) is 0 Å². The second-order valence-corrected chi connectivity index (χ2v) is 6.65. The largest absolute Gasteiger partial charge is 0.383 e. The predicted molar refractivity (Wildman–Crippen MR) is 101 cm³/mol. The maximum absolute atomic E-state index is 9.49. The summed E-state index contributed by atoms with van der Waals surface area (Å²) in [6, 6.07) is 18.1. The van der Waals surface area contributed by atoms with Crippen LogP contribution in [0.1, 0.15) is 16.7 Å². The number of hydrogen-bond donors (Lipinski definition) is 1. The van der Waals surface area contributed by atoms with E-state index in [1.807, 2.05) is 36.4 Å². The maximum atomic E-state index is 9.49. The normalized spacial score (nSPS) is 10.4. The van der Waals surface area contributed by atoms with Crippen LogP contribution >= 0.6 is 15.9 Å². The minimum absolute atomic E-state index is 0.253. The van der Waals surface area contributed by atoms with Gasteiger partial charge in [-0.3, -0.25) is 0 Å². The van der Waals surface area contributed by atoms with Crippen molar-refractivity contribution in [2.45, 2.75) is 13.8 Å². The topological polar surface area (TPSA) is 62.7 Å². The van der Waals surface area contributed by atoms with Crippen molar-refractivity contribution in [3.8, 4) is 28.5 Å². The Kier molecular flexibility index (Phi) is 4.37. The van der Waals surface area contributed by atoms with Gasteiger partial charge >= 0.3 is 0 Å². The summed E-state index contributed by atoms with van der Waals surface area (Å²) >= 11 is 3.48. The van der Waals surface area contributed by atoms with Gasteiger partial charge in [0, 0.05) is 15.6 Å². The lowest BCUT2D eigenvalue weighted by atomic mass is 9.97. The Morgan fingerprint density at radius 2 is 1.79 bits per heavy atom. The van der Waals surface area contributed by atoms with E-state index in [0.717, 1.165) is 26.9 Å². The number of aryl methyl sites for hydroxylation is 2. The monoisotopic (exact) mass is 377 g/mol. The molecule has 3 nitrogen and oxygen atoms in total. The Morgan fingerprint density at radius 1 is 1.00 bits per heavy atom. The molecule has 0 spiro atoms. The zero-order valence-corrected chi connectivity index (χ0v) is 15.1. The first kappa shape index (κ1) is 16.2. The lowest BCUT2D eigenvalue weighted by Crippen LogP contribution is -2.00. The third-order valence-electron chi connectivity index (χ3n) is 4.10. The molecule has 3 rings (SSSR count). The number of pyridine rings is 1. The first-order valence-corrected chi connectivity index (χ1v) is 8.33. The molecule has 0 radical (unpaired) electrons. The number of nitrogen functional groups attached to an aromatic ring is 1. The number of hydrogen-bond acceptors (Lipinski definition) is 3. The molecular formula is C20H16BrN3. The van der Waals surface area contributed by atoms with Gasteiger partial charge < -0.3 is 5.73 Å². The summed E-state index contributed by atoms with van der Waals surface area (Å²) in [5.41, 5.74) is 12.4. The quantitative estimate of drug-likeness (QED) is 0.663. The second kappa shape index (κ2) is 6.46. The van der Waals surface area contributed by atoms with Crippen molar-refractivity contribution in [1.82, 2.24) is 4.98 Å². The number of nitrogens with two attached hydrogens (primary N) is 1. The van der Waals surface area contributed by atoms with Gasteiger partial charge in [0.15, 0.2) is 0 Å². The SMILES string of the molecule is Cc1ccc(-c2cc(-c3cccc(Br)c3)c(C#N)c(N)n2)cc1C. The predicted octanol–water partition coefficient (Wildman–Crippen LogP) is 5.25. The molecule has 0 bridgehead atoms. The van der Waals surface area contributed by atoms with E-state index in [1.165, 1.54) is 11.1 Å². The fraction of sp³-hybridized carbons (Fsp3) is 0.100. The van der Waals surface area contributed by atoms with Crippen LogP contribution in [0.25, 0.3) is 22.4 Å². The molecule has 24 heavy (non-hydrogen) atoms. The molecule has 118 valence electrons. The second-order valence-electron chi connectivity index (χ2n) is 5.74. The molecular weight excluding hydrogens is 362 g/mol. The van der Waals surface area contributed by atoms with Gasteiger partial charge in [0.1, 0.15) is 17.5 Å². The summed E-state index contributed by atoms with van der Waals surface area (Å²) in [6.07, 6.45) is 0. The number of nitriles is 1. The highest BCUT2D eigenvalue weighted by molar-refractivity contribution is 9.10. The fourth-order valence-electron chi connectivity index (χ4n) is 2.61. The van der Waals surface area contributed by atoms with Crippen molar-refractivity contribution in [1.29, 1.82) is 5.26 Å². The van der Waals surface area contributed by atoms with E-state index >= 15 is 0 Å². The van der Waals surface area contributed by atoms with E-state index < -0.39 is 0 Å². The summed E-state index contributed by atoms with van der Waals surface area (Å²) in [4.78, 5) is 4.44. The number of anilines is 1. The van der Waals surface area contributed by atoms with Crippen LogP contribution in [0.4, 0.5) is 5.82 Å². The molecule has 4 heteroatoms. The first-order valence-electron chi connectivity index (χ1n) is 7.54. The van der Waals surface area contributed by atoms with Gasteiger partial charge in [0.2, 0.25) is 0 Å². The summed E-state index contributed by atoms with van der Waals surface area (Å²) in [5, 5.41) is 9.49. The highest BCUT2D eigenvalue weighted by Crippen LogP contribution is 2.32. The van der Waals surface area contributed by atoms with E-state index in [9.17, 15) is 5.26 Å². The Balaban J connectivity index is 2.24. The molecule has 0 unspecified atom stereocenters. The molecule has 0 aliphatic carbocycles. The first-order chi connectivity index (χ1) is 11.5. The highest BCUT2D eigenvalue weighted by atomic mass is 79.9. The van der Waals surface area contributed by atoms with Gasteiger partial charge in [-0.15, -0.1) is 0 Å². The minimum Gasteiger partial charge on any atom is -0.383 e. The number of nitrogens with zero attached hydrogens (tertiary/aromatic N) is 2. The molecule has 0 saturated heterocycles. The molecule has 0 saturated carbocycles. The van der Waals surface area contributed by atoms with Gasteiger partial charge in [-0.2, -0.15) is 5.26 Å². The lowest BCUT2D eigenvalue weighted by molar-refractivity contribution is 1.29. The Morgan fingerprint density at radius 3 is 2.46 bits per heavy atom. The van der Waals surface area contributed by atoms with Crippen LogP contribution in [-0.2, 0) is 0 Å². The molecule has 0 amide bonds. The zero-order chi connectivity index (χ0) is 17.3. The third-order valence-corrected chi connectivity index (χ3v) is 4.59. The van der Waals surface area contributed by atoms with E-state index in [4.69, 9.17) is 5.73 Å². The van der Waals surface area contributed by atoms with Gasteiger partial charge in [-0.1, -0.05) is 40.2 Å². The Labute approximate surface area is 149 Å². The highest BCUT2D eigenvalue weighted by Gasteiger charge is 2.14. The smallest absolute Gasteiger partial charge is 0.142 e. The van der Waals surface area contributed by atoms with Crippen molar-refractivity contribution in [2.75, 3.05) is 5.73 Å². The van der Waals surface area contributed by atoms with Gasteiger partial charge in [-0.05, 0) is 54.8 Å². The van der Waals surface area contributed by atoms with Crippen molar-refractivity contribution in [2.24, 2.45) is 0 Å². The van der Waals surface area contributed by atoms with Gasteiger partial charge in [0.25, 0.3) is 0 Å². The number of rotatable bonds is 2. The summed E-state index contributed by atoms with van der Waals surface area (Å²) in [7, 11) is 0. The number of aromatic nitrogens is 1. The zero-order valence-electron chi connectivity index (χ0n) is 13.5. The van der Waals surface area contributed by atoms with Crippen LogP contribution in [0.15, 0.2) is 53.0 Å². The van der Waals surface area contributed by atoms with Crippen molar-refractivity contribution < 1.29 is 0 Å². The van der Waals surface area contributed by atoms with Crippen LogP contribution in [0.2, 0.25) is 0 Å². The molecule has 2 N–H and O–H groups in total. The summed E-state index contributed by atoms with van der Waals surface area (Å²) in [6.45, 7) is 4.15. The fourth-order valence-corrected chi connectivity index (χ4v) is 3.01. The number of halogens is 1. The van der Waals surface area contributed by atoms with Crippen LogP contribution in [-0.4, -0.2) is 4.98 Å². The Hall–Kier alpha value is -2.64. The molecule has 0 fully saturated rings. The van der Waals surface area contributed by atoms with Crippen LogP contribution < -0.4 is 5.73 Å². The Bertz CT molecular complexity index is 971.